The van der Waals surface area contributed by atoms with Crippen molar-refractivity contribution in [2.45, 2.75) is 25.7 Å². The molecular formula is C20H21N5O4. The van der Waals surface area contributed by atoms with Crippen molar-refractivity contribution in [2.24, 2.45) is 0 Å². The predicted octanol–water partition coefficient (Wildman–Crippen LogP) is 2.17. The molecule has 3 aromatic heterocycles. The Labute approximate surface area is 167 Å². The topological polar surface area (TPSA) is 114 Å². The SMILES string of the molecule is Cc1ccc(C(=O)NCC(=O)N2CCC(c3noc(-c4ccncc4)n3)CC2)o1. The van der Waals surface area contributed by atoms with Crippen LogP contribution in [0.15, 0.2) is 45.6 Å². The van der Waals surface area contributed by atoms with Gasteiger partial charge < -0.3 is 19.2 Å². The molecule has 1 N–H and O–H groups in total. The molecule has 4 rings (SSSR count). The lowest BCUT2D eigenvalue weighted by atomic mass is 9.96. The smallest absolute Gasteiger partial charge is 0.287 e. The second-order valence-corrected chi connectivity index (χ2v) is 6.94. The predicted molar refractivity (Wildman–Crippen MR) is 102 cm³/mol. The van der Waals surface area contributed by atoms with Gasteiger partial charge in [0.05, 0.1) is 6.54 Å². The number of nitrogens with one attached hydrogen (secondary N) is 1. The number of carbonyl (C=O) groups excluding carboxylic acids is 2. The van der Waals surface area contributed by atoms with Gasteiger partial charge in [-0.15, -0.1) is 0 Å². The van der Waals surface area contributed by atoms with Crippen LogP contribution in [-0.4, -0.2) is 51.5 Å². The molecule has 3 aromatic rings. The number of furan rings is 1. The number of rotatable bonds is 5. The van der Waals surface area contributed by atoms with E-state index in [4.69, 9.17) is 8.94 Å². The summed E-state index contributed by atoms with van der Waals surface area (Å²) in [5, 5.41) is 6.71. The largest absolute Gasteiger partial charge is 0.456 e. The third-order valence-electron chi connectivity index (χ3n) is 4.95. The second kappa shape index (κ2) is 8.26. The highest BCUT2D eigenvalue weighted by Crippen LogP contribution is 2.27. The van der Waals surface area contributed by atoms with E-state index in [1.54, 1.807) is 36.4 Å². The van der Waals surface area contributed by atoms with E-state index in [1.807, 2.05) is 12.1 Å². The third-order valence-corrected chi connectivity index (χ3v) is 4.95. The summed E-state index contributed by atoms with van der Waals surface area (Å²) in [7, 11) is 0. The van der Waals surface area contributed by atoms with Crippen LogP contribution in [0.2, 0.25) is 0 Å². The number of aryl methyl sites for hydroxylation is 1. The van der Waals surface area contributed by atoms with Crippen LogP contribution in [0.4, 0.5) is 0 Å². The van der Waals surface area contributed by atoms with Crippen molar-refractivity contribution in [3.05, 3.63) is 54.0 Å². The molecule has 1 saturated heterocycles. The highest BCUT2D eigenvalue weighted by atomic mass is 16.5. The summed E-state index contributed by atoms with van der Waals surface area (Å²) in [5.41, 5.74) is 0.828. The van der Waals surface area contributed by atoms with E-state index in [1.165, 1.54) is 0 Å². The molecule has 0 unspecified atom stereocenters. The van der Waals surface area contributed by atoms with Gasteiger partial charge in [-0.25, -0.2) is 0 Å². The van der Waals surface area contributed by atoms with Gasteiger partial charge in [-0.1, -0.05) is 5.16 Å². The number of hydrogen-bond acceptors (Lipinski definition) is 7. The average molecular weight is 395 g/mol. The van der Waals surface area contributed by atoms with Gasteiger partial charge in [0.1, 0.15) is 5.76 Å². The molecule has 9 nitrogen and oxygen atoms in total. The molecule has 0 saturated carbocycles. The van der Waals surface area contributed by atoms with Crippen LogP contribution in [0.1, 0.15) is 40.9 Å². The van der Waals surface area contributed by atoms with Crippen LogP contribution >= 0.6 is 0 Å². The summed E-state index contributed by atoms with van der Waals surface area (Å²) in [6.45, 7) is 2.87. The molecule has 2 amide bonds. The Kier molecular flexibility index (Phi) is 5.37. The number of piperidine rings is 1. The highest BCUT2D eigenvalue weighted by molar-refractivity contribution is 5.94. The van der Waals surface area contributed by atoms with E-state index in [2.05, 4.69) is 20.4 Å². The van der Waals surface area contributed by atoms with Gasteiger partial charge in [0.15, 0.2) is 11.6 Å². The first kappa shape index (κ1) is 18.9. The Hall–Kier alpha value is -3.49. The minimum atomic E-state index is -0.392. The van der Waals surface area contributed by atoms with Gasteiger partial charge in [0, 0.05) is 37.0 Å². The van der Waals surface area contributed by atoms with Crippen molar-refractivity contribution in [1.29, 1.82) is 0 Å². The number of carbonyl (C=O) groups is 2. The number of amides is 2. The zero-order chi connectivity index (χ0) is 20.2. The average Bonchev–Trinajstić information content (AvgIpc) is 3.42. The molecule has 9 heteroatoms. The molecular weight excluding hydrogens is 374 g/mol. The standard InChI is InChI=1S/C20H21N5O4/c1-13-2-3-16(28-13)19(27)22-12-17(26)25-10-6-14(7-11-25)18-23-20(29-24-18)15-4-8-21-9-5-15/h2-5,8-9,14H,6-7,10-12H2,1H3,(H,22,27). The molecule has 0 bridgehead atoms. The number of aromatic nitrogens is 3. The van der Waals surface area contributed by atoms with Gasteiger partial charge >= 0.3 is 0 Å². The van der Waals surface area contributed by atoms with E-state index < -0.39 is 5.91 Å². The Bertz CT molecular complexity index is 989. The van der Waals surface area contributed by atoms with Crippen molar-refractivity contribution >= 4 is 11.8 Å². The molecule has 0 spiro atoms. The summed E-state index contributed by atoms with van der Waals surface area (Å²) < 4.78 is 10.6. The van der Waals surface area contributed by atoms with Crippen LogP contribution in [0.25, 0.3) is 11.5 Å². The van der Waals surface area contributed by atoms with Crippen LogP contribution in [0.3, 0.4) is 0 Å². The summed E-state index contributed by atoms with van der Waals surface area (Å²) in [4.78, 5) is 34.6. The fourth-order valence-corrected chi connectivity index (χ4v) is 3.31. The number of pyridine rings is 1. The van der Waals surface area contributed by atoms with Crippen LogP contribution in [0, 0.1) is 6.92 Å². The maximum Gasteiger partial charge on any atom is 0.287 e. The van der Waals surface area contributed by atoms with Gasteiger partial charge in [0.25, 0.3) is 11.8 Å². The minimum Gasteiger partial charge on any atom is -0.456 e. The summed E-state index contributed by atoms with van der Waals surface area (Å²) in [6, 6.07) is 6.93. The first-order chi connectivity index (χ1) is 14.1. The van der Waals surface area contributed by atoms with Crippen molar-refractivity contribution in [1.82, 2.24) is 25.3 Å². The van der Waals surface area contributed by atoms with Gasteiger partial charge in [-0.2, -0.15) is 4.98 Å². The van der Waals surface area contributed by atoms with Crippen molar-refractivity contribution in [3.8, 4) is 11.5 Å². The molecule has 29 heavy (non-hydrogen) atoms. The molecule has 0 aliphatic carbocycles. The van der Waals surface area contributed by atoms with E-state index >= 15 is 0 Å². The summed E-state index contributed by atoms with van der Waals surface area (Å²) >= 11 is 0. The minimum absolute atomic E-state index is 0.0579. The van der Waals surface area contributed by atoms with Crippen LogP contribution < -0.4 is 5.32 Å². The molecule has 1 fully saturated rings. The molecule has 0 atom stereocenters. The lowest BCUT2D eigenvalue weighted by Gasteiger charge is -2.30. The number of hydrogen-bond donors (Lipinski definition) is 1. The second-order valence-electron chi connectivity index (χ2n) is 6.94. The molecule has 4 heterocycles. The van der Waals surface area contributed by atoms with Gasteiger partial charge in [-0.3, -0.25) is 14.6 Å². The van der Waals surface area contributed by atoms with Gasteiger partial charge in [-0.05, 0) is 44.0 Å². The Balaban J connectivity index is 1.27. The van der Waals surface area contributed by atoms with Crippen LogP contribution in [-0.2, 0) is 4.79 Å². The fraction of sp³-hybridized carbons (Fsp3) is 0.350. The molecule has 0 radical (unpaired) electrons. The Morgan fingerprint density at radius 2 is 1.93 bits per heavy atom. The zero-order valence-electron chi connectivity index (χ0n) is 16.0. The van der Waals surface area contributed by atoms with Gasteiger partial charge in [0.2, 0.25) is 5.91 Å². The van der Waals surface area contributed by atoms with Crippen molar-refractivity contribution in [2.75, 3.05) is 19.6 Å². The lowest BCUT2D eigenvalue weighted by molar-refractivity contribution is -0.131. The Morgan fingerprint density at radius 3 is 2.62 bits per heavy atom. The first-order valence-corrected chi connectivity index (χ1v) is 9.46. The summed E-state index contributed by atoms with van der Waals surface area (Å²) in [5.74, 6) is 1.61. The normalized spacial score (nSPS) is 14.7. The van der Waals surface area contributed by atoms with E-state index in [0.29, 0.717) is 30.6 Å². The maximum atomic E-state index is 12.4. The molecule has 0 aromatic carbocycles. The molecule has 1 aliphatic heterocycles. The maximum absolute atomic E-state index is 12.4. The molecule has 150 valence electrons. The third kappa shape index (κ3) is 4.34. The van der Waals surface area contributed by atoms with Crippen molar-refractivity contribution < 1.29 is 18.5 Å². The van der Waals surface area contributed by atoms with Crippen molar-refractivity contribution in [3.63, 3.8) is 0 Å². The fourth-order valence-electron chi connectivity index (χ4n) is 3.31. The van der Waals surface area contributed by atoms with E-state index in [0.717, 1.165) is 18.4 Å². The lowest BCUT2D eigenvalue weighted by Crippen LogP contribution is -2.43. The van der Waals surface area contributed by atoms with E-state index in [9.17, 15) is 9.59 Å². The number of nitrogens with zero attached hydrogens (tertiary/aromatic N) is 4. The molecule has 1 aliphatic rings. The Morgan fingerprint density at radius 1 is 1.17 bits per heavy atom. The summed E-state index contributed by atoms with van der Waals surface area (Å²) in [6.07, 6.45) is 4.84. The van der Waals surface area contributed by atoms with E-state index in [-0.39, 0.29) is 24.1 Å². The number of likely N-dealkylation sites (tertiary alicyclic amines) is 1. The quantitative estimate of drug-likeness (QED) is 0.704. The van der Waals surface area contributed by atoms with Crippen LogP contribution in [0.5, 0.6) is 0 Å². The highest BCUT2D eigenvalue weighted by Gasteiger charge is 2.27. The first-order valence-electron chi connectivity index (χ1n) is 9.46. The zero-order valence-corrected chi connectivity index (χ0v) is 16.0. The monoisotopic (exact) mass is 395 g/mol.